The van der Waals surface area contributed by atoms with Gasteiger partial charge >= 0.3 is 12.2 Å². The Morgan fingerprint density at radius 2 is 1.58 bits per heavy atom. The molecule has 33 heavy (non-hydrogen) atoms. The molecule has 3 rings (SSSR count). The number of benzene rings is 3. The largest absolute Gasteiger partial charge is 0.488 e. The molecule has 0 fully saturated rings. The van der Waals surface area contributed by atoms with Gasteiger partial charge in [-0.05, 0) is 48.0 Å². The zero-order valence-electron chi connectivity index (χ0n) is 16.5. The highest BCUT2D eigenvalue weighted by molar-refractivity contribution is 6.30. The number of nitrogens with one attached hydrogen (secondary N) is 2. The van der Waals surface area contributed by atoms with Crippen LogP contribution in [0.1, 0.15) is 21.5 Å². The fraction of sp³-hybridized carbons (Fsp3) is 0.0909. The Kier molecular flexibility index (Phi) is 7.17. The first kappa shape index (κ1) is 24.0. The van der Waals surface area contributed by atoms with E-state index in [2.05, 4.69) is 0 Å². The predicted molar refractivity (Wildman–Crippen MR) is 110 cm³/mol. The quantitative estimate of drug-likeness (QED) is 0.425. The topological polar surface area (TPSA) is 67.4 Å². The number of hydrogen-bond donors (Lipinski definition) is 2. The summed E-state index contributed by atoms with van der Waals surface area (Å²) in [5.74, 6) is -4.31. The molecule has 0 aromatic heterocycles. The van der Waals surface area contributed by atoms with Crippen LogP contribution in [0.25, 0.3) is 0 Å². The number of imide groups is 1. The maximum atomic E-state index is 13.6. The average Bonchev–Trinajstić information content (AvgIpc) is 2.73. The van der Waals surface area contributed by atoms with Gasteiger partial charge in [0.05, 0.1) is 5.56 Å². The van der Waals surface area contributed by atoms with Gasteiger partial charge in [0.25, 0.3) is 5.91 Å². The predicted octanol–water partition coefficient (Wildman–Crippen LogP) is 6.18. The molecule has 0 saturated heterocycles. The van der Waals surface area contributed by atoms with Crippen LogP contribution in [0.15, 0.2) is 60.7 Å². The number of urea groups is 1. The SMILES string of the molecule is O=C(NC(=O)c1c(F)cccc1F)Nc1ccc(OCc2ccc(Cl)cc2)c(C(F)(F)F)c1. The lowest BCUT2D eigenvalue weighted by Crippen LogP contribution is -2.35. The fourth-order valence-electron chi connectivity index (χ4n) is 2.74. The van der Waals surface area contributed by atoms with Crippen molar-refractivity contribution in [1.29, 1.82) is 0 Å². The fourth-order valence-corrected chi connectivity index (χ4v) is 2.87. The minimum Gasteiger partial charge on any atom is -0.488 e. The smallest absolute Gasteiger partial charge is 0.420 e. The molecule has 0 saturated carbocycles. The van der Waals surface area contributed by atoms with E-state index in [0.29, 0.717) is 16.7 Å². The van der Waals surface area contributed by atoms with E-state index in [-0.39, 0.29) is 12.3 Å². The number of halogens is 6. The molecule has 0 spiro atoms. The molecule has 2 N–H and O–H groups in total. The molecule has 0 aliphatic rings. The third-order valence-corrected chi connectivity index (χ3v) is 4.52. The monoisotopic (exact) mass is 484 g/mol. The standard InChI is InChI=1S/C22H14ClF5N2O3/c23-13-6-4-12(5-7-13)11-33-18-9-8-14(10-15(18)22(26,27)28)29-21(32)30-20(31)19-16(24)2-1-3-17(19)25/h1-10H,11H2,(H2,29,30,31,32). The Morgan fingerprint density at radius 1 is 0.939 bits per heavy atom. The van der Waals surface area contributed by atoms with Gasteiger partial charge in [0.15, 0.2) is 0 Å². The Balaban J connectivity index is 1.73. The third-order valence-electron chi connectivity index (χ3n) is 4.27. The Labute approximate surface area is 189 Å². The summed E-state index contributed by atoms with van der Waals surface area (Å²) in [6.45, 7) is -0.170. The second-order valence-electron chi connectivity index (χ2n) is 6.63. The number of amides is 3. The summed E-state index contributed by atoms with van der Waals surface area (Å²) in [6, 6.07) is 10.4. The van der Waals surface area contributed by atoms with Crippen LogP contribution in [0, 0.1) is 11.6 Å². The zero-order valence-corrected chi connectivity index (χ0v) is 17.2. The molecule has 3 aromatic carbocycles. The molecule has 0 aliphatic carbocycles. The van der Waals surface area contributed by atoms with E-state index in [0.717, 1.165) is 30.3 Å². The van der Waals surface area contributed by atoms with Crippen molar-refractivity contribution in [2.24, 2.45) is 0 Å². The van der Waals surface area contributed by atoms with Crippen molar-refractivity contribution >= 4 is 29.2 Å². The first-order chi connectivity index (χ1) is 15.5. The minimum atomic E-state index is -4.82. The third kappa shape index (κ3) is 6.19. The van der Waals surface area contributed by atoms with Crippen molar-refractivity contribution in [2.45, 2.75) is 12.8 Å². The Hall–Kier alpha value is -3.66. The molecule has 0 radical (unpaired) electrons. The van der Waals surface area contributed by atoms with E-state index in [1.165, 1.54) is 0 Å². The minimum absolute atomic E-state index is 0.170. The summed E-state index contributed by atoms with van der Waals surface area (Å²) in [5.41, 5.74) is -1.94. The van der Waals surface area contributed by atoms with Crippen LogP contribution < -0.4 is 15.4 Å². The summed E-state index contributed by atoms with van der Waals surface area (Å²) in [4.78, 5) is 23.9. The van der Waals surface area contributed by atoms with Crippen LogP contribution in [0.2, 0.25) is 5.02 Å². The van der Waals surface area contributed by atoms with Crippen LogP contribution in [-0.2, 0) is 12.8 Å². The maximum absolute atomic E-state index is 13.6. The first-order valence-corrected chi connectivity index (χ1v) is 9.57. The number of ether oxygens (including phenoxy) is 1. The number of alkyl halides is 3. The molecule has 3 aromatic rings. The van der Waals surface area contributed by atoms with E-state index in [9.17, 15) is 31.5 Å². The van der Waals surface area contributed by atoms with Gasteiger partial charge in [-0.25, -0.2) is 13.6 Å². The van der Waals surface area contributed by atoms with Crippen LogP contribution in [0.3, 0.4) is 0 Å². The lowest BCUT2D eigenvalue weighted by molar-refractivity contribution is -0.139. The summed E-state index contributed by atoms with van der Waals surface area (Å²) >= 11 is 5.77. The van der Waals surface area contributed by atoms with Gasteiger partial charge in [-0.1, -0.05) is 29.8 Å². The van der Waals surface area contributed by atoms with Crippen LogP contribution in [0.5, 0.6) is 5.75 Å². The van der Waals surface area contributed by atoms with Crippen molar-refractivity contribution in [3.63, 3.8) is 0 Å². The lowest BCUT2D eigenvalue weighted by atomic mass is 10.1. The van der Waals surface area contributed by atoms with Crippen molar-refractivity contribution in [3.05, 3.63) is 94.0 Å². The molecule has 0 unspecified atom stereocenters. The highest BCUT2D eigenvalue weighted by atomic mass is 35.5. The highest BCUT2D eigenvalue weighted by Gasteiger charge is 2.35. The Morgan fingerprint density at radius 3 is 2.18 bits per heavy atom. The summed E-state index contributed by atoms with van der Waals surface area (Å²) in [6.07, 6.45) is -4.82. The molecule has 0 aliphatic heterocycles. The molecule has 0 bridgehead atoms. The van der Waals surface area contributed by atoms with Crippen LogP contribution >= 0.6 is 11.6 Å². The number of hydrogen-bond acceptors (Lipinski definition) is 3. The first-order valence-electron chi connectivity index (χ1n) is 9.19. The molecule has 0 atom stereocenters. The maximum Gasteiger partial charge on any atom is 0.420 e. The number of anilines is 1. The summed E-state index contributed by atoms with van der Waals surface area (Å²) in [5, 5.41) is 4.13. The second-order valence-corrected chi connectivity index (χ2v) is 7.07. The van der Waals surface area contributed by atoms with Crippen LogP contribution in [-0.4, -0.2) is 11.9 Å². The molecule has 0 heterocycles. The highest BCUT2D eigenvalue weighted by Crippen LogP contribution is 2.38. The van der Waals surface area contributed by atoms with Crippen molar-refractivity contribution in [1.82, 2.24) is 5.32 Å². The van der Waals surface area contributed by atoms with Gasteiger partial charge in [0.2, 0.25) is 0 Å². The van der Waals surface area contributed by atoms with E-state index in [1.807, 2.05) is 5.32 Å². The molecule has 172 valence electrons. The zero-order chi connectivity index (χ0) is 24.2. The normalized spacial score (nSPS) is 11.1. The van der Waals surface area contributed by atoms with Gasteiger partial charge < -0.3 is 10.1 Å². The summed E-state index contributed by atoms with van der Waals surface area (Å²) in [7, 11) is 0. The molecular formula is C22H14ClF5N2O3. The van der Waals surface area contributed by atoms with Gasteiger partial charge in [0, 0.05) is 10.7 Å². The van der Waals surface area contributed by atoms with Gasteiger partial charge in [-0.3, -0.25) is 10.1 Å². The average molecular weight is 485 g/mol. The number of carbonyl (C=O) groups is 2. The van der Waals surface area contributed by atoms with Gasteiger partial charge in [-0.15, -0.1) is 0 Å². The van der Waals surface area contributed by atoms with Crippen molar-refractivity contribution in [3.8, 4) is 5.75 Å². The second kappa shape index (κ2) is 9.86. The number of carbonyl (C=O) groups excluding carboxylic acids is 2. The van der Waals surface area contributed by atoms with Gasteiger partial charge in [-0.2, -0.15) is 13.2 Å². The van der Waals surface area contributed by atoms with Crippen molar-refractivity contribution < 1.29 is 36.3 Å². The Bertz CT molecular complexity index is 1160. The molecular weight excluding hydrogens is 471 g/mol. The van der Waals surface area contributed by atoms with E-state index in [1.54, 1.807) is 29.6 Å². The van der Waals surface area contributed by atoms with Gasteiger partial charge in [0.1, 0.15) is 29.6 Å². The molecule has 11 heteroatoms. The molecule has 3 amide bonds. The molecule has 5 nitrogen and oxygen atoms in total. The number of rotatable bonds is 5. The van der Waals surface area contributed by atoms with E-state index >= 15 is 0 Å². The van der Waals surface area contributed by atoms with Crippen LogP contribution in [0.4, 0.5) is 32.4 Å². The van der Waals surface area contributed by atoms with E-state index < -0.39 is 46.6 Å². The van der Waals surface area contributed by atoms with E-state index in [4.69, 9.17) is 16.3 Å². The lowest BCUT2D eigenvalue weighted by Gasteiger charge is -2.16. The summed E-state index contributed by atoms with van der Waals surface area (Å²) < 4.78 is 73.1. The van der Waals surface area contributed by atoms with Crippen molar-refractivity contribution in [2.75, 3.05) is 5.32 Å².